The van der Waals surface area contributed by atoms with Gasteiger partial charge in [0.25, 0.3) is 0 Å². The molecule has 4 aliphatic carbocycles. The van der Waals surface area contributed by atoms with Gasteiger partial charge in [-0.3, -0.25) is 10.1 Å². The van der Waals surface area contributed by atoms with Crippen LogP contribution in [-0.2, 0) is 22.6 Å². The van der Waals surface area contributed by atoms with Crippen molar-refractivity contribution in [1.29, 1.82) is 0 Å². The van der Waals surface area contributed by atoms with Crippen LogP contribution in [0.1, 0.15) is 67.8 Å². The van der Waals surface area contributed by atoms with Crippen LogP contribution in [0.5, 0.6) is 0 Å². The Balaban J connectivity index is 1.18. The Labute approximate surface area is 201 Å². The molecule has 176 valence electrons. The molecule has 2 heterocycles. The summed E-state index contributed by atoms with van der Waals surface area (Å²) in [5, 5.41) is 5.04. The molecule has 8 rings (SSSR count). The van der Waals surface area contributed by atoms with Gasteiger partial charge in [0.05, 0.1) is 0 Å². The number of carbonyl (C=O) groups is 1. The van der Waals surface area contributed by atoms with Crippen molar-refractivity contribution in [3.63, 3.8) is 0 Å². The summed E-state index contributed by atoms with van der Waals surface area (Å²) >= 11 is 0. The van der Waals surface area contributed by atoms with Crippen molar-refractivity contribution in [3.05, 3.63) is 71.4 Å². The van der Waals surface area contributed by atoms with Crippen LogP contribution in [0.2, 0.25) is 0 Å². The first kappa shape index (κ1) is 20.8. The Morgan fingerprint density at radius 2 is 1.59 bits per heavy atom. The highest BCUT2D eigenvalue weighted by atomic mass is 16.5. The summed E-state index contributed by atoms with van der Waals surface area (Å²) in [7, 11) is 0. The summed E-state index contributed by atoms with van der Waals surface area (Å²) in [6, 6.07) is 18.4. The monoisotopic (exact) mass is 454 g/mol. The van der Waals surface area contributed by atoms with Gasteiger partial charge in [0.2, 0.25) is 0 Å². The Morgan fingerprint density at radius 1 is 0.912 bits per heavy atom. The molecular weight excluding hydrogens is 420 g/mol. The molecule has 4 bridgehead atoms. The maximum Gasteiger partial charge on any atom is 0.323 e. The molecule has 0 saturated heterocycles. The lowest BCUT2D eigenvalue weighted by molar-refractivity contribution is -0.148. The molecule has 3 aromatic rings. The molecule has 0 amide bonds. The first-order valence-electron chi connectivity index (χ1n) is 13.2. The number of ether oxygens (including phenoxy) is 1. The molecule has 1 aromatic heterocycles. The molecule has 2 aromatic carbocycles. The summed E-state index contributed by atoms with van der Waals surface area (Å²) < 4.78 is 5.80. The highest BCUT2D eigenvalue weighted by molar-refractivity contribution is 5.87. The number of benzene rings is 2. The number of hydrogen-bond donors (Lipinski definition) is 2. The molecule has 2 N–H and O–H groups in total. The lowest BCUT2D eigenvalue weighted by Gasteiger charge is -2.58. The molecule has 4 saturated carbocycles. The number of fused-ring (bicyclic) bond motifs is 3. The van der Waals surface area contributed by atoms with Gasteiger partial charge >= 0.3 is 5.97 Å². The van der Waals surface area contributed by atoms with Crippen LogP contribution in [0.15, 0.2) is 54.6 Å². The van der Waals surface area contributed by atoms with Gasteiger partial charge in [-0.2, -0.15) is 0 Å². The largest absolute Gasteiger partial charge is 0.460 e. The van der Waals surface area contributed by atoms with Crippen molar-refractivity contribution in [2.75, 3.05) is 0 Å². The van der Waals surface area contributed by atoms with E-state index in [-0.39, 0.29) is 18.1 Å². The molecule has 4 heteroatoms. The number of rotatable bonds is 5. The number of H-pyrrole nitrogens is 1. The van der Waals surface area contributed by atoms with E-state index in [0.717, 1.165) is 29.7 Å². The average molecular weight is 455 g/mol. The SMILES string of the molecule is O=C(OCc1ccccc1)[C@@H]1Cc2c([nH]c3ccccc23)[C@H](CC23CC4CC(CC(C4)C2)C3)N1. The zero-order valence-corrected chi connectivity index (χ0v) is 19.8. The predicted octanol–water partition coefficient (Wildman–Crippen LogP) is 6.07. The molecule has 4 fully saturated rings. The number of aromatic amines is 1. The number of aromatic nitrogens is 1. The molecule has 0 radical (unpaired) electrons. The normalized spacial score (nSPS) is 33.7. The van der Waals surface area contributed by atoms with Gasteiger partial charge in [0.15, 0.2) is 0 Å². The van der Waals surface area contributed by atoms with Gasteiger partial charge < -0.3 is 9.72 Å². The predicted molar refractivity (Wildman–Crippen MR) is 133 cm³/mol. The molecule has 4 nitrogen and oxygen atoms in total. The molecule has 0 spiro atoms. The van der Waals surface area contributed by atoms with Crippen LogP contribution in [0, 0.1) is 23.2 Å². The number of esters is 1. The lowest BCUT2D eigenvalue weighted by atomic mass is 9.48. The minimum absolute atomic E-state index is 0.129. The Kier molecular flexibility index (Phi) is 4.87. The smallest absolute Gasteiger partial charge is 0.323 e. The van der Waals surface area contributed by atoms with Crippen LogP contribution in [-0.4, -0.2) is 17.0 Å². The summed E-state index contributed by atoms with van der Waals surface area (Å²) in [5.41, 5.74) is 5.28. The fourth-order valence-electron chi connectivity index (χ4n) is 8.44. The van der Waals surface area contributed by atoms with Gasteiger partial charge in [0, 0.05) is 29.1 Å². The van der Waals surface area contributed by atoms with Gasteiger partial charge in [-0.25, -0.2) is 0 Å². The molecule has 1 aliphatic heterocycles. The number of para-hydroxylation sites is 1. The van der Waals surface area contributed by atoms with E-state index in [4.69, 9.17) is 4.74 Å². The van der Waals surface area contributed by atoms with E-state index in [0.29, 0.717) is 18.4 Å². The van der Waals surface area contributed by atoms with Crippen LogP contribution in [0.25, 0.3) is 10.9 Å². The fourth-order valence-corrected chi connectivity index (χ4v) is 8.44. The van der Waals surface area contributed by atoms with Crippen LogP contribution in [0.4, 0.5) is 0 Å². The zero-order valence-electron chi connectivity index (χ0n) is 19.8. The number of nitrogens with one attached hydrogen (secondary N) is 2. The summed E-state index contributed by atoms with van der Waals surface area (Å²) in [6.45, 7) is 0.332. The Hall–Kier alpha value is -2.59. The minimum Gasteiger partial charge on any atom is -0.460 e. The maximum absolute atomic E-state index is 13.3. The van der Waals surface area contributed by atoms with E-state index in [1.54, 1.807) is 0 Å². The Morgan fingerprint density at radius 3 is 2.32 bits per heavy atom. The first-order valence-corrected chi connectivity index (χ1v) is 13.2. The molecular formula is C30H34N2O2. The van der Waals surface area contributed by atoms with E-state index < -0.39 is 0 Å². The van der Waals surface area contributed by atoms with Crippen molar-refractivity contribution >= 4 is 16.9 Å². The highest BCUT2D eigenvalue weighted by Gasteiger charge is 2.52. The third kappa shape index (κ3) is 3.58. The molecule has 34 heavy (non-hydrogen) atoms. The topological polar surface area (TPSA) is 54.1 Å². The van der Waals surface area contributed by atoms with Crippen molar-refractivity contribution in [1.82, 2.24) is 10.3 Å². The van der Waals surface area contributed by atoms with E-state index in [9.17, 15) is 4.79 Å². The first-order chi connectivity index (χ1) is 16.6. The average Bonchev–Trinajstić information content (AvgIpc) is 3.21. The second-order valence-electron chi connectivity index (χ2n) is 11.8. The molecule has 0 unspecified atom stereocenters. The maximum atomic E-state index is 13.3. The van der Waals surface area contributed by atoms with E-state index >= 15 is 0 Å². The standard InChI is InChI=1S/C30H34N2O2/c33-29(34-18-19-6-2-1-3-7-19)26-13-24-23-8-4-5-9-25(23)32-28(24)27(31-26)17-30-14-20-10-21(15-30)12-22(11-20)16-30/h1-9,20-22,26-27,31-32H,10-18H2/t20?,21?,22?,26-,27-,30?/m0/s1. The second-order valence-corrected chi connectivity index (χ2v) is 11.8. The quantitative estimate of drug-likeness (QED) is 0.460. The van der Waals surface area contributed by atoms with E-state index in [2.05, 4.69) is 34.6 Å². The Bertz CT molecular complexity index is 1180. The van der Waals surface area contributed by atoms with Crippen LogP contribution < -0.4 is 5.32 Å². The van der Waals surface area contributed by atoms with E-state index in [1.807, 2.05) is 30.3 Å². The minimum atomic E-state index is -0.297. The molecule has 2 atom stereocenters. The van der Waals surface area contributed by atoms with Crippen molar-refractivity contribution in [3.8, 4) is 0 Å². The third-order valence-electron chi connectivity index (χ3n) is 9.32. The summed E-state index contributed by atoms with van der Waals surface area (Å²) in [5.74, 6) is 2.67. The number of carbonyl (C=O) groups excluding carboxylic acids is 1. The highest BCUT2D eigenvalue weighted by Crippen LogP contribution is 2.62. The summed E-state index contributed by atoms with van der Waals surface area (Å²) in [6.07, 6.45) is 10.4. The zero-order chi connectivity index (χ0) is 22.7. The second kappa shape index (κ2) is 7.98. The number of hydrogen-bond acceptors (Lipinski definition) is 3. The van der Waals surface area contributed by atoms with Crippen molar-refractivity contribution < 1.29 is 9.53 Å². The van der Waals surface area contributed by atoms with Crippen LogP contribution in [0.3, 0.4) is 0 Å². The fraction of sp³-hybridized carbons (Fsp3) is 0.500. The lowest BCUT2D eigenvalue weighted by Crippen LogP contribution is -2.50. The van der Waals surface area contributed by atoms with Crippen molar-refractivity contribution in [2.45, 2.75) is 70.1 Å². The van der Waals surface area contributed by atoms with Crippen molar-refractivity contribution in [2.24, 2.45) is 23.2 Å². The summed E-state index contributed by atoms with van der Waals surface area (Å²) in [4.78, 5) is 17.0. The van der Waals surface area contributed by atoms with Gasteiger partial charge in [-0.15, -0.1) is 0 Å². The van der Waals surface area contributed by atoms with Gasteiger partial charge in [-0.1, -0.05) is 48.5 Å². The van der Waals surface area contributed by atoms with Crippen LogP contribution >= 0.6 is 0 Å². The third-order valence-corrected chi connectivity index (χ3v) is 9.32. The van der Waals surface area contributed by atoms with Gasteiger partial charge in [0.1, 0.15) is 12.6 Å². The van der Waals surface area contributed by atoms with Gasteiger partial charge in [-0.05, 0) is 85.3 Å². The van der Waals surface area contributed by atoms with E-state index in [1.165, 1.54) is 60.7 Å². The molecule has 5 aliphatic rings.